The number of phenolic OH excluding ortho intramolecular Hbond substituents is 1. The van der Waals surface area contributed by atoms with Gasteiger partial charge >= 0.3 is 0 Å². The van der Waals surface area contributed by atoms with Gasteiger partial charge < -0.3 is 10.2 Å². The maximum absolute atomic E-state index is 10.1. The van der Waals surface area contributed by atoms with Crippen LogP contribution in [0.15, 0.2) is 51.8 Å². The first-order valence-electron chi connectivity index (χ1n) is 5.61. The lowest BCUT2D eigenvalue weighted by Gasteiger charge is -2.13. The molecule has 2 rings (SSSR count). The van der Waals surface area contributed by atoms with Crippen LogP contribution in [0.4, 0.5) is 0 Å². The Hall–Kier alpha value is -0.680. The summed E-state index contributed by atoms with van der Waals surface area (Å²) in [6.45, 7) is 0. The summed E-state index contributed by atoms with van der Waals surface area (Å²) in [6.07, 6.45) is -0.751. The number of hydrogen-bond acceptors (Lipinski definition) is 3. The van der Waals surface area contributed by atoms with Crippen molar-refractivity contribution in [2.24, 2.45) is 0 Å². The molecule has 0 aliphatic heterocycles. The maximum Gasteiger partial charge on any atom is 0.121 e. The Bertz CT molecular complexity index is 577. The summed E-state index contributed by atoms with van der Waals surface area (Å²) in [5.74, 6) is 0.517. The predicted molar refractivity (Wildman–Crippen MR) is 82.9 cm³/mol. The minimum absolute atomic E-state index is 0.0930. The molecule has 2 aromatic carbocycles. The third-order valence-corrected chi connectivity index (χ3v) is 4.67. The molecule has 1 unspecified atom stereocenters. The maximum atomic E-state index is 10.1. The first-order chi connectivity index (χ1) is 9.08. The van der Waals surface area contributed by atoms with Crippen LogP contribution in [-0.2, 0) is 0 Å². The van der Waals surface area contributed by atoms with E-state index in [1.54, 1.807) is 18.2 Å². The molecule has 0 aliphatic carbocycles. The van der Waals surface area contributed by atoms with Crippen LogP contribution in [0.2, 0.25) is 5.02 Å². The molecule has 2 aromatic rings. The van der Waals surface area contributed by atoms with Crippen molar-refractivity contribution in [1.29, 1.82) is 0 Å². The predicted octanol–water partition coefficient (Wildman–Crippen LogP) is 4.63. The number of hydrogen-bond donors (Lipinski definition) is 2. The van der Waals surface area contributed by atoms with Crippen molar-refractivity contribution in [1.82, 2.24) is 0 Å². The van der Waals surface area contributed by atoms with Gasteiger partial charge in [0.15, 0.2) is 0 Å². The van der Waals surface area contributed by atoms with Gasteiger partial charge in [-0.05, 0) is 30.3 Å². The highest BCUT2D eigenvalue weighted by molar-refractivity contribution is 9.10. The molecule has 0 bridgehead atoms. The Balaban J connectivity index is 2.07. The zero-order valence-corrected chi connectivity index (χ0v) is 13.0. The van der Waals surface area contributed by atoms with E-state index in [1.165, 1.54) is 11.8 Å². The van der Waals surface area contributed by atoms with Gasteiger partial charge in [0, 0.05) is 20.7 Å². The van der Waals surface area contributed by atoms with Crippen molar-refractivity contribution in [3.63, 3.8) is 0 Å². The summed E-state index contributed by atoms with van der Waals surface area (Å²) >= 11 is 10.8. The number of aromatic hydroxyl groups is 1. The molecular formula is C14H12BrClO2S. The Morgan fingerprint density at radius 2 is 1.95 bits per heavy atom. The molecule has 0 radical (unpaired) electrons. The molecule has 0 spiro atoms. The topological polar surface area (TPSA) is 40.5 Å². The average Bonchev–Trinajstić information content (AvgIpc) is 2.40. The van der Waals surface area contributed by atoms with Crippen LogP contribution >= 0.6 is 39.3 Å². The van der Waals surface area contributed by atoms with Crippen LogP contribution in [0.5, 0.6) is 5.75 Å². The van der Waals surface area contributed by atoms with E-state index < -0.39 is 6.10 Å². The second-order valence-corrected chi connectivity index (χ2v) is 6.35. The average molecular weight is 360 g/mol. The normalized spacial score (nSPS) is 12.4. The zero-order chi connectivity index (χ0) is 13.8. The SMILES string of the molecule is Oc1ccc(Br)cc1C(O)CSc1ccccc1Cl. The van der Waals surface area contributed by atoms with Gasteiger partial charge in [0.1, 0.15) is 5.75 Å². The van der Waals surface area contributed by atoms with Gasteiger partial charge in [-0.2, -0.15) is 0 Å². The van der Waals surface area contributed by atoms with Gasteiger partial charge in [-0.25, -0.2) is 0 Å². The van der Waals surface area contributed by atoms with Crippen LogP contribution in [-0.4, -0.2) is 16.0 Å². The summed E-state index contributed by atoms with van der Waals surface area (Å²) in [4.78, 5) is 0.915. The lowest BCUT2D eigenvalue weighted by molar-refractivity contribution is 0.199. The van der Waals surface area contributed by atoms with Gasteiger partial charge in [0.25, 0.3) is 0 Å². The Morgan fingerprint density at radius 1 is 1.21 bits per heavy atom. The van der Waals surface area contributed by atoms with Crippen molar-refractivity contribution in [3.8, 4) is 5.75 Å². The van der Waals surface area contributed by atoms with Crippen LogP contribution in [0, 0.1) is 0 Å². The van der Waals surface area contributed by atoms with E-state index in [0.29, 0.717) is 16.3 Å². The highest BCUT2D eigenvalue weighted by Crippen LogP contribution is 2.33. The summed E-state index contributed by atoms with van der Waals surface area (Å²) < 4.78 is 0.821. The minimum Gasteiger partial charge on any atom is -0.508 e. The van der Waals surface area contributed by atoms with Crippen LogP contribution in [0.1, 0.15) is 11.7 Å². The quantitative estimate of drug-likeness (QED) is 0.782. The van der Waals surface area contributed by atoms with E-state index in [2.05, 4.69) is 15.9 Å². The van der Waals surface area contributed by atoms with Crippen molar-refractivity contribution in [2.45, 2.75) is 11.0 Å². The largest absolute Gasteiger partial charge is 0.508 e. The lowest BCUT2D eigenvalue weighted by atomic mass is 10.1. The first kappa shape index (κ1) is 14.7. The van der Waals surface area contributed by atoms with Crippen molar-refractivity contribution in [2.75, 3.05) is 5.75 Å². The molecule has 0 fully saturated rings. The van der Waals surface area contributed by atoms with Gasteiger partial charge in [0.05, 0.1) is 11.1 Å². The molecule has 0 aliphatic rings. The fourth-order valence-corrected chi connectivity index (χ4v) is 3.19. The third-order valence-electron chi connectivity index (χ3n) is 2.58. The molecule has 1 atom stereocenters. The molecule has 0 saturated carbocycles. The molecule has 0 heterocycles. The Kier molecular flexibility index (Phi) is 5.16. The third kappa shape index (κ3) is 3.89. The van der Waals surface area contributed by atoms with E-state index in [-0.39, 0.29) is 5.75 Å². The molecular weight excluding hydrogens is 348 g/mol. The van der Waals surface area contributed by atoms with Gasteiger partial charge in [-0.15, -0.1) is 11.8 Å². The zero-order valence-electron chi connectivity index (χ0n) is 9.88. The number of rotatable bonds is 4. The van der Waals surface area contributed by atoms with Crippen molar-refractivity contribution < 1.29 is 10.2 Å². The van der Waals surface area contributed by atoms with Gasteiger partial charge in [-0.3, -0.25) is 0 Å². The summed E-state index contributed by atoms with van der Waals surface area (Å²) in [6, 6.07) is 12.5. The lowest BCUT2D eigenvalue weighted by Crippen LogP contribution is -2.01. The summed E-state index contributed by atoms with van der Waals surface area (Å²) in [5, 5.41) is 20.5. The van der Waals surface area contributed by atoms with E-state index >= 15 is 0 Å². The van der Waals surface area contributed by atoms with E-state index in [0.717, 1.165) is 9.37 Å². The van der Waals surface area contributed by atoms with Crippen LogP contribution in [0.3, 0.4) is 0 Å². The number of phenols is 1. The second-order valence-electron chi connectivity index (χ2n) is 3.96. The minimum atomic E-state index is -0.751. The highest BCUT2D eigenvalue weighted by Gasteiger charge is 2.14. The molecule has 0 amide bonds. The molecule has 0 aromatic heterocycles. The molecule has 5 heteroatoms. The first-order valence-corrected chi connectivity index (χ1v) is 7.77. The number of halogens is 2. The highest BCUT2D eigenvalue weighted by atomic mass is 79.9. The second kappa shape index (κ2) is 6.66. The van der Waals surface area contributed by atoms with E-state index in [9.17, 15) is 10.2 Å². The number of aliphatic hydroxyl groups excluding tert-OH is 1. The fourth-order valence-electron chi connectivity index (χ4n) is 1.61. The van der Waals surface area contributed by atoms with E-state index in [1.807, 2.05) is 24.3 Å². The van der Waals surface area contributed by atoms with Crippen LogP contribution < -0.4 is 0 Å². The number of thioether (sulfide) groups is 1. The van der Waals surface area contributed by atoms with E-state index in [4.69, 9.17) is 11.6 Å². The fraction of sp³-hybridized carbons (Fsp3) is 0.143. The Labute approximate surface area is 129 Å². The molecule has 100 valence electrons. The number of benzene rings is 2. The van der Waals surface area contributed by atoms with Gasteiger partial charge in [-0.1, -0.05) is 39.7 Å². The molecule has 2 nitrogen and oxygen atoms in total. The summed E-state index contributed by atoms with van der Waals surface area (Å²) in [5.41, 5.74) is 0.508. The molecule has 0 saturated heterocycles. The molecule has 2 N–H and O–H groups in total. The molecule has 19 heavy (non-hydrogen) atoms. The van der Waals surface area contributed by atoms with Gasteiger partial charge in [0.2, 0.25) is 0 Å². The smallest absolute Gasteiger partial charge is 0.121 e. The Morgan fingerprint density at radius 3 is 2.68 bits per heavy atom. The monoisotopic (exact) mass is 358 g/mol. The summed E-state index contributed by atoms with van der Waals surface area (Å²) in [7, 11) is 0. The standard InChI is InChI=1S/C14H12BrClO2S/c15-9-5-6-12(17)10(7-9)13(18)8-19-14-4-2-1-3-11(14)16/h1-7,13,17-18H,8H2. The number of aliphatic hydroxyl groups is 1. The van der Waals surface area contributed by atoms with Crippen LogP contribution in [0.25, 0.3) is 0 Å². The van der Waals surface area contributed by atoms with Crippen molar-refractivity contribution >= 4 is 39.3 Å². The van der Waals surface area contributed by atoms with Crippen molar-refractivity contribution in [3.05, 3.63) is 57.5 Å².